The number of carbonyl (C=O) groups excluding carboxylic acids is 2. The van der Waals surface area contributed by atoms with Crippen LogP contribution in [0, 0.1) is 20.8 Å². The molecule has 3 aromatic rings. The molecule has 0 radical (unpaired) electrons. The second kappa shape index (κ2) is 9.82. The fourth-order valence-corrected chi connectivity index (χ4v) is 7.47. The molecular formula is C29H31O4P. The van der Waals surface area contributed by atoms with Crippen molar-refractivity contribution >= 4 is 24.0 Å². The van der Waals surface area contributed by atoms with Gasteiger partial charge in [0.1, 0.15) is 5.60 Å². The van der Waals surface area contributed by atoms with Crippen LogP contribution >= 0.6 is 7.37 Å². The van der Waals surface area contributed by atoms with Gasteiger partial charge in [0.25, 0.3) is 5.52 Å². The Hall–Kier alpha value is -2.81. The maximum absolute atomic E-state index is 14.8. The number of aryl methyl sites for hydroxylation is 3. The fourth-order valence-electron chi connectivity index (χ4n) is 5.08. The zero-order chi connectivity index (χ0) is 24.3. The highest BCUT2D eigenvalue weighted by atomic mass is 31.2. The molecule has 0 aromatic heterocycles. The van der Waals surface area contributed by atoms with Crippen LogP contribution in [0.5, 0.6) is 0 Å². The van der Waals surface area contributed by atoms with Gasteiger partial charge in [-0.1, -0.05) is 85.5 Å². The van der Waals surface area contributed by atoms with Gasteiger partial charge < -0.3 is 4.52 Å². The van der Waals surface area contributed by atoms with Crippen LogP contribution in [0.15, 0.2) is 72.8 Å². The van der Waals surface area contributed by atoms with Gasteiger partial charge in [0, 0.05) is 16.4 Å². The number of hydrogen-bond acceptors (Lipinski definition) is 4. The lowest BCUT2D eigenvalue weighted by Crippen LogP contribution is -2.44. The summed E-state index contributed by atoms with van der Waals surface area (Å²) in [7, 11) is -4.12. The Morgan fingerprint density at radius 1 is 0.794 bits per heavy atom. The van der Waals surface area contributed by atoms with Crippen molar-refractivity contribution < 1.29 is 18.7 Å². The molecule has 5 heteroatoms. The van der Waals surface area contributed by atoms with E-state index in [0.29, 0.717) is 29.3 Å². The van der Waals surface area contributed by atoms with Gasteiger partial charge in [0.2, 0.25) is 0 Å². The van der Waals surface area contributed by atoms with Crippen LogP contribution in [0.3, 0.4) is 0 Å². The van der Waals surface area contributed by atoms with Crippen LogP contribution in [-0.2, 0) is 9.09 Å². The molecule has 0 amide bonds. The van der Waals surface area contributed by atoms with Crippen molar-refractivity contribution in [2.24, 2.45) is 0 Å². The Labute approximate surface area is 201 Å². The van der Waals surface area contributed by atoms with Crippen LogP contribution in [0.1, 0.15) is 69.5 Å². The van der Waals surface area contributed by atoms with Gasteiger partial charge in [-0.15, -0.1) is 0 Å². The Kier molecular flexibility index (Phi) is 7.02. The molecule has 0 spiro atoms. The minimum absolute atomic E-state index is 0.200. The Bertz CT molecular complexity index is 1220. The molecule has 0 saturated heterocycles. The molecular weight excluding hydrogens is 443 g/mol. The molecule has 1 aliphatic carbocycles. The molecule has 0 aliphatic heterocycles. The highest BCUT2D eigenvalue weighted by molar-refractivity contribution is 7.83. The number of carbonyl (C=O) groups is 2. The summed E-state index contributed by atoms with van der Waals surface area (Å²) in [4.78, 5) is 27.9. The average molecular weight is 475 g/mol. The van der Waals surface area contributed by atoms with Crippen LogP contribution in [0.4, 0.5) is 0 Å². The topological polar surface area (TPSA) is 60.4 Å². The highest BCUT2D eigenvalue weighted by Crippen LogP contribution is 2.56. The normalized spacial score (nSPS) is 17.0. The van der Waals surface area contributed by atoms with Gasteiger partial charge in [-0.2, -0.15) is 0 Å². The van der Waals surface area contributed by atoms with Crippen molar-refractivity contribution in [2.45, 2.75) is 58.5 Å². The summed E-state index contributed by atoms with van der Waals surface area (Å²) in [6.07, 6.45) is 3.43. The van der Waals surface area contributed by atoms with Gasteiger partial charge in [-0.05, 0) is 56.9 Å². The van der Waals surface area contributed by atoms with Crippen LogP contribution in [0.25, 0.3) is 0 Å². The van der Waals surface area contributed by atoms with Gasteiger partial charge in [-0.3, -0.25) is 14.2 Å². The molecule has 0 N–H and O–H groups in total. The first-order chi connectivity index (χ1) is 16.3. The Balaban J connectivity index is 1.87. The van der Waals surface area contributed by atoms with E-state index in [1.165, 1.54) is 0 Å². The van der Waals surface area contributed by atoms with Crippen LogP contribution in [0.2, 0.25) is 0 Å². The van der Waals surface area contributed by atoms with E-state index in [1.54, 1.807) is 36.4 Å². The number of hydrogen-bond donors (Lipinski definition) is 0. The lowest BCUT2D eigenvalue weighted by molar-refractivity contribution is 0.0290. The zero-order valence-corrected chi connectivity index (χ0v) is 20.9. The van der Waals surface area contributed by atoms with Crippen molar-refractivity contribution in [3.63, 3.8) is 0 Å². The van der Waals surface area contributed by atoms with Gasteiger partial charge >= 0.3 is 7.37 Å². The molecule has 1 saturated carbocycles. The Morgan fingerprint density at radius 3 is 1.88 bits per heavy atom. The summed E-state index contributed by atoms with van der Waals surface area (Å²) in [6, 6.07) is 21.5. The molecule has 1 atom stereocenters. The summed E-state index contributed by atoms with van der Waals surface area (Å²) in [5.74, 6) is -0.200. The number of Topliss-reactive ketones (excluding diaryl/α,β-unsaturated/α-hetero) is 1. The van der Waals surface area contributed by atoms with Gasteiger partial charge in [-0.25, -0.2) is 0 Å². The molecule has 1 fully saturated rings. The van der Waals surface area contributed by atoms with E-state index in [1.807, 2.05) is 57.2 Å². The largest absolute Gasteiger partial charge is 0.305 e. The summed E-state index contributed by atoms with van der Waals surface area (Å²) in [5, 5.41) is 0.324. The molecule has 4 rings (SSSR count). The van der Waals surface area contributed by atoms with Crippen molar-refractivity contribution in [3.05, 3.63) is 101 Å². The van der Waals surface area contributed by atoms with E-state index in [0.717, 1.165) is 36.0 Å². The first kappa shape index (κ1) is 24.3. The quantitative estimate of drug-likeness (QED) is 0.274. The van der Waals surface area contributed by atoms with E-state index in [2.05, 4.69) is 0 Å². The van der Waals surface area contributed by atoms with Gasteiger partial charge in [0.15, 0.2) is 5.78 Å². The number of rotatable bonds is 7. The maximum Gasteiger partial charge on any atom is 0.301 e. The zero-order valence-electron chi connectivity index (χ0n) is 20.0. The Morgan fingerprint density at radius 2 is 1.32 bits per heavy atom. The third-order valence-electron chi connectivity index (χ3n) is 6.67. The number of ketones is 1. The first-order valence-corrected chi connectivity index (χ1v) is 13.5. The molecule has 1 unspecified atom stereocenters. The fraction of sp³-hybridized carbons (Fsp3) is 0.310. The minimum atomic E-state index is -4.12. The van der Waals surface area contributed by atoms with E-state index in [-0.39, 0.29) is 5.78 Å². The smallest absolute Gasteiger partial charge is 0.301 e. The van der Waals surface area contributed by atoms with E-state index in [4.69, 9.17) is 4.52 Å². The minimum Gasteiger partial charge on any atom is -0.305 e. The van der Waals surface area contributed by atoms with Crippen LogP contribution < -0.4 is 5.30 Å². The van der Waals surface area contributed by atoms with Crippen molar-refractivity contribution in [1.82, 2.24) is 0 Å². The molecule has 176 valence electrons. The summed E-state index contributed by atoms with van der Waals surface area (Å²) in [5.41, 5.74) is 1.64. The third-order valence-corrected chi connectivity index (χ3v) is 9.01. The van der Waals surface area contributed by atoms with Crippen molar-refractivity contribution in [3.8, 4) is 0 Å². The monoisotopic (exact) mass is 474 g/mol. The number of benzene rings is 3. The SMILES string of the molecule is Cc1cc(C)c(C(=O)P(=O)(OC2(C(=O)c3ccccc3)CCCCC2)c2ccccc2)c(C)c1. The molecule has 34 heavy (non-hydrogen) atoms. The molecule has 0 heterocycles. The van der Waals surface area contributed by atoms with Crippen LogP contribution in [-0.4, -0.2) is 16.9 Å². The van der Waals surface area contributed by atoms with E-state index in [9.17, 15) is 14.2 Å². The van der Waals surface area contributed by atoms with E-state index < -0.39 is 18.5 Å². The predicted octanol–water partition coefficient (Wildman–Crippen LogP) is 6.96. The lowest BCUT2D eigenvalue weighted by Gasteiger charge is -2.38. The molecule has 4 nitrogen and oxygen atoms in total. The maximum atomic E-state index is 14.8. The molecule has 0 bridgehead atoms. The third kappa shape index (κ3) is 4.58. The average Bonchev–Trinajstić information content (AvgIpc) is 2.84. The predicted molar refractivity (Wildman–Crippen MR) is 136 cm³/mol. The summed E-state index contributed by atoms with van der Waals surface area (Å²) in [6.45, 7) is 5.68. The van der Waals surface area contributed by atoms with Crippen molar-refractivity contribution in [2.75, 3.05) is 0 Å². The standard InChI is InChI=1S/C29H31O4P/c1-21-19-22(2)26(23(3)20-21)28(31)34(32,25-15-9-5-10-16-25)33-29(17-11-6-12-18-29)27(30)24-13-7-4-8-14-24/h4-5,7-10,13-16,19-20H,6,11-12,17-18H2,1-3H3. The molecule has 1 aliphatic rings. The molecule has 3 aromatic carbocycles. The lowest BCUT2D eigenvalue weighted by atomic mass is 9.79. The summed E-state index contributed by atoms with van der Waals surface area (Å²) < 4.78 is 21.3. The second-order valence-corrected chi connectivity index (χ2v) is 11.5. The summed E-state index contributed by atoms with van der Waals surface area (Å²) >= 11 is 0. The van der Waals surface area contributed by atoms with Gasteiger partial charge in [0.05, 0.1) is 0 Å². The van der Waals surface area contributed by atoms with Crippen molar-refractivity contribution in [1.29, 1.82) is 0 Å². The second-order valence-electron chi connectivity index (χ2n) is 9.31. The first-order valence-electron chi connectivity index (χ1n) is 11.9. The van der Waals surface area contributed by atoms with E-state index >= 15 is 0 Å². The highest BCUT2D eigenvalue weighted by Gasteiger charge is 2.50.